The molecule has 0 unspecified atom stereocenters. The first kappa shape index (κ1) is 15.0. The van der Waals surface area contributed by atoms with Crippen molar-refractivity contribution in [2.45, 2.75) is 19.8 Å². The first-order chi connectivity index (χ1) is 10.6. The van der Waals surface area contributed by atoms with E-state index >= 15 is 0 Å². The minimum absolute atomic E-state index is 0.407. The zero-order chi connectivity index (χ0) is 15.5. The van der Waals surface area contributed by atoms with Crippen LogP contribution in [0.1, 0.15) is 25.5 Å². The Morgan fingerprint density at radius 1 is 1.00 bits per heavy atom. The van der Waals surface area contributed by atoms with E-state index in [1.54, 1.807) is 6.20 Å². The molecule has 116 valence electrons. The molecule has 0 N–H and O–H groups in total. The van der Waals surface area contributed by atoms with Crippen molar-refractivity contribution in [3.63, 3.8) is 0 Å². The smallest absolute Gasteiger partial charge is 0.151 e. The van der Waals surface area contributed by atoms with Gasteiger partial charge < -0.3 is 9.80 Å². The summed E-state index contributed by atoms with van der Waals surface area (Å²) in [6, 6.07) is 7.86. The number of halogens is 1. The largest absolute Gasteiger partial charge is 0.352 e. The average Bonchev–Trinajstić information content (AvgIpc) is 2.56. The van der Waals surface area contributed by atoms with Gasteiger partial charge >= 0.3 is 0 Å². The monoisotopic (exact) mass is 317 g/mol. The third kappa shape index (κ3) is 3.14. The zero-order valence-electron chi connectivity index (χ0n) is 12.9. The van der Waals surface area contributed by atoms with Crippen LogP contribution in [0, 0.1) is 0 Å². The molecular formula is C16H20ClN5. The van der Waals surface area contributed by atoms with Gasteiger partial charge in [0.1, 0.15) is 5.82 Å². The second kappa shape index (κ2) is 6.48. The molecule has 1 fully saturated rings. The van der Waals surface area contributed by atoms with E-state index < -0.39 is 0 Å². The van der Waals surface area contributed by atoms with E-state index in [4.69, 9.17) is 11.6 Å². The molecule has 5 nitrogen and oxygen atoms in total. The highest BCUT2D eigenvalue weighted by atomic mass is 35.5. The topological polar surface area (TPSA) is 45.2 Å². The van der Waals surface area contributed by atoms with Crippen LogP contribution in [0.2, 0.25) is 5.02 Å². The molecule has 0 radical (unpaired) electrons. The van der Waals surface area contributed by atoms with Gasteiger partial charge in [-0.3, -0.25) is 0 Å². The predicted octanol–water partition coefficient (Wildman–Crippen LogP) is 2.98. The maximum absolute atomic E-state index is 6.22. The van der Waals surface area contributed by atoms with Crippen LogP contribution in [0.5, 0.6) is 0 Å². The molecule has 1 aliphatic rings. The van der Waals surface area contributed by atoms with Gasteiger partial charge in [-0.15, -0.1) is 5.10 Å². The molecule has 3 heterocycles. The second-order valence-electron chi connectivity index (χ2n) is 5.75. The SMILES string of the molecule is CC(C)c1ccc(N2CCN(c3ncccc3Cl)CC2)nn1. The maximum atomic E-state index is 6.22. The fraction of sp³-hybridized carbons (Fsp3) is 0.438. The van der Waals surface area contributed by atoms with E-state index in [0.717, 1.165) is 43.5 Å². The Morgan fingerprint density at radius 2 is 1.73 bits per heavy atom. The summed E-state index contributed by atoms with van der Waals surface area (Å²) in [4.78, 5) is 8.85. The van der Waals surface area contributed by atoms with Gasteiger partial charge in [-0.2, -0.15) is 5.10 Å². The van der Waals surface area contributed by atoms with Crippen molar-refractivity contribution in [2.75, 3.05) is 36.0 Å². The molecule has 0 aliphatic carbocycles. The molecule has 0 atom stereocenters. The molecule has 0 saturated carbocycles. The Kier molecular flexibility index (Phi) is 4.43. The van der Waals surface area contributed by atoms with Crippen molar-refractivity contribution >= 4 is 23.2 Å². The van der Waals surface area contributed by atoms with E-state index in [0.29, 0.717) is 10.9 Å². The quantitative estimate of drug-likeness (QED) is 0.871. The van der Waals surface area contributed by atoms with Crippen LogP contribution in [0.15, 0.2) is 30.5 Å². The Morgan fingerprint density at radius 3 is 2.32 bits per heavy atom. The van der Waals surface area contributed by atoms with Crippen LogP contribution in [0.3, 0.4) is 0 Å². The normalized spacial score (nSPS) is 15.5. The summed E-state index contributed by atoms with van der Waals surface area (Å²) in [7, 11) is 0. The third-order valence-electron chi connectivity index (χ3n) is 3.90. The second-order valence-corrected chi connectivity index (χ2v) is 6.16. The Hall–Kier alpha value is -1.88. The number of piperazine rings is 1. The molecule has 22 heavy (non-hydrogen) atoms. The molecule has 2 aromatic rings. The summed E-state index contributed by atoms with van der Waals surface area (Å²) in [5.41, 5.74) is 1.03. The Balaban J connectivity index is 1.65. The van der Waals surface area contributed by atoms with E-state index in [1.165, 1.54) is 0 Å². The number of pyridine rings is 1. The van der Waals surface area contributed by atoms with Gasteiger partial charge in [0.05, 0.1) is 10.7 Å². The van der Waals surface area contributed by atoms with Gasteiger partial charge in [0.2, 0.25) is 0 Å². The zero-order valence-corrected chi connectivity index (χ0v) is 13.7. The lowest BCUT2D eigenvalue weighted by Gasteiger charge is -2.36. The number of hydrogen-bond donors (Lipinski definition) is 0. The van der Waals surface area contributed by atoms with Crippen LogP contribution in [-0.2, 0) is 0 Å². The van der Waals surface area contributed by atoms with Crippen molar-refractivity contribution in [2.24, 2.45) is 0 Å². The molecular weight excluding hydrogens is 298 g/mol. The van der Waals surface area contributed by atoms with Crippen LogP contribution in [0.4, 0.5) is 11.6 Å². The summed E-state index contributed by atoms with van der Waals surface area (Å²) < 4.78 is 0. The first-order valence-corrected chi connectivity index (χ1v) is 7.97. The lowest BCUT2D eigenvalue weighted by Crippen LogP contribution is -2.47. The summed E-state index contributed by atoms with van der Waals surface area (Å²) in [5, 5.41) is 9.37. The van der Waals surface area contributed by atoms with Gasteiger partial charge in [0.25, 0.3) is 0 Å². The molecule has 0 spiro atoms. The molecule has 3 rings (SSSR count). The molecule has 0 aromatic carbocycles. The van der Waals surface area contributed by atoms with Crippen molar-refractivity contribution in [3.8, 4) is 0 Å². The molecule has 0 amide bonds. The number of rotatable bonds is 3. The number of hydrogen-bond acceptors (Lipinski definition) is 5. The van der Waals surface area contributed by atoms with Gasteiger partial charge in [-0.25, -0.2) is 4.98 Å². The highest BCUT2D eigenvalue weighted by molar-refractivity contribution is 6.32. The Bertz CT molecular complexity index is 621. The summed E-state index contributed by atoms with van der Waals surface area (Å²) in [5.74, 6) is 2.21. The molecule has 1 saturated heterocycles. The van der Waals surface area contributed by atoms with E-state index in [2.05, 4.69) is 51.0 Å². The number of aromatic nitrogens is 3. The molecule has 6 heteroatoms. The standard InChI is InChI=1S/C16H20ClN5/c1-12(2)14-5-6-15(20-19-14)21-8-10-22(11-9-21)16-13(17)4-3-7-18-16/h3-7,12H,8-11H2,1-2H3. The highest BCUT2D eigenvalue weighted by Gasteiger charge is 2.20. The highest BCUT2D eigenvalue weighted by Crippen LogP contribution is 2.24. The minimum atomic E-state index is 0.407. The van der Waals surface area contributed by atoms with Crippen molar-refractivity contribution in [1.82, 2.24) is 15.2 Å². The summed E-state index contributed by atoms with van der Waals surface area (Å²) >= 11 is 6.22. The van der Waals surface area contributed by atoms with Crippen LogP contribution >= 0.6 is 11.6 Å². The minimum Gasteiger partial charge on any atom is -0.352 e. The molecule has 0 bridgehead atoms. The molecule has 1 aliphatic heterocycles. The first-order valence-electron chi connectivity index (χ1n) is 7.59. The van der Waals surface area contributed by atoms with E-state index in [-0.39, 0.29) is 0 Å². The van der Waals surface area contributed by atoms with Gasteiger partial charge in [-0.05, 0) is 30.2 Å². The van der Waals surface area contributed by atoms with E-state index in [1.807, 2.05) is 12.1 Å². The molecule has 2 aromatic heterocycles. The van der Waals surface area contributed by atoms with Crippen molar-refractivity contribution in [3.05, 3.63) is 41.2 Å². The van der Waals surface area contributed by atoms with Crippen molar-refractivity contribution < 1.29 is 0 Å². The Labute approximate surface area is 135 Å². The van der Waals surface area contributed by atoms with Gasteiger partial charge in [0, 0.05) is 32.4 Å². The van der Waals surface area contributed by atoms with Crippen LogP contribution < -0.4 is 9.80 Å². The number of anilines is 2. The van der Waals surface area contributed by atoms with Crippen LogP contribution in [0.25, 0.3) is 0 Å². The number of nitrogens with zero attached hydrogens (tertiary/aromatic N) is 5. The van der Waals surface area contributed by atoms with Gasteiger partial charge in [0.15, 0.2) is 5.82 Å². The lowest BCUT2D eigenvalue weighted by molar-refractivity contribution is 0.635. The third-order valence-corrected chi connectivity index (χ3v) is 4.20. The fourth-order valence-corrected chi connectivity index (χ4v) is 2.81. The van der Waals surface area contributed by atoms with Crippen LogP contribution in [-0.4, -0.2) is 41.4 Å². The lowest BCUT2D eigenvalue weighted by atomic mass is 10.1. The summed E-state index contributed by atoms with van der Waals surface area (Å²) in [6.07, 6.45) is 1.78. The maximum Gasteiger partial charge on any atom is 0.151 e. The summed E-state index contributed by atoms with van der Waals surface area (Å²) in [6.45, 7) is 7.79. The predicted molar refractivity (Wildman–Crippen MR) is 89.8 cm³/mol. The fourth-order valence-electron chi connectivity index (χ4n) is 2.57. The van der Waals surface area contributed by atoms with Crippen molar-refractivity contribution in [1.29, 1.82) is 0 Å². The van der Waals surface area contributed by atoms with E-state index in [9.17, 15) is 0 Å². The average molecular weight is 318 g/mol. The van der Waals surface area contributed by atoms with Gasteiger partial charge in [-0.1, -0.05) is 25.4 Å².